The normalized spacial score (nSPS) is 23.2. The maximum Gasteiger partial charge on any atom is 0.490 e. The Morgan fingerprint density at radius 1 is 1.16 bits per heavy atom. The van der Waals surface area contributed by atoms with E-state index < -0.39 is 36.2 Å². The molecule has 3 atom stereocenters. The number of carbonyl (C=O) groups is 4. The minimum Gasteiger partial charge on any atom is -0.480 e. The first-order valence-electron chi connectivity index (χ1n) is 6.93. The van der Waals surface area contributed by atoms with E-state index in [1.165, 1.54) is 16.7 Å². The molecular formula is C13H20F3N3O6. The fourth-order valence-corrected chi connectivity index (χ4v) is 2.27. The molecule has 2 amide bonds. The summed E-state index contributed by atoms with van der Waals surface area (Å²) in [5, 5.41) is 18.9. The SMILES string of the molecule is CC(=O)N[C@H]1[C@H](C(=O)N(C)C)C[C@H](C(=O)O)N1C.O=C(O)C(F)(F)F. The Morgan fingerprint density at radius 2 is 1.60 bits per heavy atom. The van der Waals surface area contributed by atoms with E-state index in [4.69, 9.17) is 15.0 Å². The van der Waals surface area contributed by atoms with Gasteiger partial charge in [-0.05, 0) is 13.5 Å². The number of hydrogen-bond donors (Lipinski definition) is 3. The topological polar surface area (TPSA) is 127 Å². The van der Waals surface area contributed by atoms with Crippen molar-refractivity contribution in [3.63, 3.8) is 0 Å². The van der Waals surface area contributed by atoms with Gasteiger partial charge in [0.25, 0.3) is 0 Å². The molecule has 9 nitrogen and oxygen atoms in total. The summed E-state index contributed by atoms with van der Waals surface area (Å²) >= 11 is 0. The van der Waals surface area contributed by atoms with Crippen molar-refractivity contribution >= 4 is 23.8 Å². The second kappa shape index (κ2) is 8.65. The highest BCUT2D eigenvalue weighted by molar-refractivity contribution is 5.83. The second-order valence-corrected chi connectivity index (χ2v) is 5.54. The van der Waals surface area contributed by atoms with Crippen molar-refractivity contribution in [2.75, 3.05) is 21.1 Å². The molecule has 0 aromatic rings. The van der Waals surface area contributed by atoms with E-state index in [1.54, 1.807) is 21.1 Å². The van der Waals surface area contributed by atoms with Gasteiger partial charge in [-0.25, -0.2) is 4.79 Å². The van der Waals surface area contributed by atoms with Crippen molar-refractivity contribution in [1.82, 2.24) is 15.1 Å². The lowest BCUT2D eigenvalue weighted by atomic mass is 10.0. The average Bonchev–Trinajstić information content (AvgIpc) is 2.74. The number of nitrogens with one attached hydrogen (secondary N) is 1. The Kier molecular flexibility index (Phi) is 7.83. The number of carboxylic acid groups (broad SMARTS) is 2. The van der Waals surface area contributed by atoms with Crippen molar-refractivity contribution in [1.29, 1.82) is 0 Å². The third kappa shape index (κ3) is 6.57. The van der Waals surface area contributed by atoms with Gasteiger partial charge in [-0.15, -0.1) is 0 Å². The van der Waals surface area contributed by atoms with Gasteiger partial charge in [-0.1, -0.05) is 0 Å². The second-order valence-electron chi connectivity index (χ2n) is 5.54. The van der Waals surface area contributed by atoms with Crippen LogP contribution in [-0.4, -0.2) is 83.3 Å². The van der Waals surface area contributed by atoms with Crippen molar-refractivity contribution in [2.45, 2.75) is 31.7 Å². The Bertz CT molecular complexity index is 538. The van der Waals surface area contributed by atoms with Crippen LogP contribution in [0.25, 0.3) is 0 Å². The lowest BCUT2D eigenvalue weighted by molar-refractivity contribution is -0.192. The number of likely N-dealkylation sites (N-methyl/N-ethyl adjacent to an activating group) is 1. The van der Waals surface area contributed by atoms with Crippen LogP contribution in [0.1, 0.15) is 13.3 Å². The van der Waals surface area contributed by atoms with Crippen LogP contribution < -0.4 is 5.32 Å². The van der Waals surface area contributed by atoms with Gasteiger partial charge in [0.05, 0.1) is 12.1 Å². The Hall–Kier alpha value is -2.37. The minimum atomic E-state index is -5.08. The number of alkyl halides is 3. The maximum absolute atomic E-state index is 12.0. The van der Waals surface area contributed by atoms with E-state index in [-0.39, 0.29) is 18.2 Å². The van der Waals surface area contributed by atoms with Crippen molar-refractivity contribution in [3.8, 4) is 0 Å². The molecule has 3 N–H and O–H groups in total. The molecule has 1 aliphatic heterocycles. The molecule has 1 aliphatic rings. The molecule has 0 aromatic heterocycles. The van der Waals surface area contributed by atoms with Gasteiger partial charge >= 0.3 is 18.1 Å². The summed E-state index contributed by atoms with van der Waals surface area (Å²) in [6, 6.07) is -0.754. The number of halogens is 3. The fourth-order valence-electron chi connectivity index (χ4n) is 2.27. The first-order valence-corrected chi connectivity index (χ1v) is 6.93. The molecule has 0 saturated carbocycles. The molecule has 25 heavy (non-hydrogen) atoms. The lowest BCUT2D eigenvalue weighted by Gasteiger charge is -2.27. The lowest BCUT2D eigenvalue weighted by Crippen LogP contribution is -2.50. The van der Waals surface area contributed by atoms with Gasteiger partial charge in [0, 0.05) is 21.0 Å². The van der Waals surface area contributed by atoms with E-state index in [0.29, 0.717) is 0 Å². The molecule has 1 fully saturated rings. The molecule has 0 bridgehead atoms. The molecule has 0 aliphatic carbocycles. The summed E-state index contributed by atoms with van der Waals surface area (Å²) in [5.41, 5.74) is 0. The van der Waals surface area contributed by atoms with Gasteiger partial charge in [-0.2, -0.15) is 13.2 Å². The molecule has 0 spiro atoms. The monoisotopic (exact) mass is 371 g/mol. The van der Waals surface area contributed by atoms with Crippen LogP contribution in [0.15, 0.2) is 0 Å². The highest BCUT2D eigenvalue weighted by atomic mass is 19.4. The Balaban J connectivity index is 0.000000697. The number of aliphatic carboxylic acids is 2. The van der Waals surface area contributed by atoms with E-state index in [2.05, 4.69) is 5.32 Å². The third-order valence-electron chi connectivity index (χ3n) is 3.43. The Labute approximate surface area is 141 Å². The summed E-state index contributed by atoms with van der Waals surface area (Å²) in [6.45, 7) is 1.35. The molecule has 12 heteroatoms. The van der Waals surface area contributed by atoms with Crippen molar-refractivity contribution in [3.05, 3.63) is 0 Å². The highest BCUT2D eigenvalue weighted by Crippen LogP contribution is 2.28. The van der Waals surface area contributed by atoms with Gasteiger partial charge in [0.15, 0.2) is 0 Å². The smallest absolute Gasteiger partial charge is 0.480 e. The Morgan fingerprint density at radius 3 is 1.88 bits per heavy atom. The molecule has 0 unspecified atom stereocenters. The third-order valence-corrected chi connectivity index (χ3v) is 3.43. The van der Waals surface area contributed by atoms with Crippen LogP contribution in [-0.2, 0) is 19.2 Å². The first-order chi connectivity index (χ1) is 11.2. The van der Waals surface area contributed by atoms with Crippen LogP contribution in [0.2, 0.25) is 0 Å². The highest BCUT2D eigenvalue weighted by Gasteiger charge is 2.46. The van der Waals surface area contributed by atoms with Crippen LogP contribution in [0.5, 0.6) is 0 Å². The number of amides is 2. The van der Waals surface area contributed by atoms with Crippen molar-refractivity contribution in [2.24, 2.45) is 5.92 Å². The number of likely N-dealkylation sites (tertiary alicyclic amines) is 1. The summed E-state index contributed by atoms with van der Waals surface area (Å²) < 4.78 is 31.7. The zero-order valence-corrected chi connectivity index (χ0v) is 14.0. The molecule has 144 valence electrons. The average molecular weight is 371 g/mol. The zero-order valence-electron chi connectivity index (χ0n) is 14.0. The van der Waals surface area contributed by atoms with E-state index in [0.717, 1.165) is 0 Å². The number of carboxylic acids is 2. The predicted octanol–water partition coefficient (Wildman–Crippen LogP) is -0.425. The summed E-state index contributed by atoms with van der Waals surface area (Å²) in [4.78, 5) is 46.1. The molecule has 0 aromatic carbocycles. The predicted molar refractivity (Wildman–Crippen MR) is 77.3 cm³/mol. The van der Waals surface area contributed by atoms with Gasteiger partial charge in [-0.3, -0.25) is 19.3 Å². The number of carbonyl (C=O) groups excluding carboxylic acids is 2. The quantitative estimate of drug-likeness (QED) is 0.615. The largest absolute Gasteiger partial charge is 0.490 e. The summed E-state index contributed by atoms with van der Waals surface area (Å²) in [5.74, 6) is -4.73. The standard InChI is InChI=1S/C11H19N3O4.C2HF3O2/c1-6(15)12-9-7(10(16)13(2)3)5-8(11(17)18)14(9)4;3-2(4,5)1(6)7/h7-9H,5H2,1-4H3,(H,12,15)(H,17,18);(H,6,7)/t7-,8-,9-;/m1./s1. The first kappa shape index (κ1) is 22.6. The molecule has 1 heterocycles. The number of nitrogens with zero attached hydrogens (tertiary/aromatic N) is 2. The van der Waals surface area contributed by atoms with Gasteiger partial charge in [0.2, 0.25) is 11.8 Å². The van der Waals surface area contributed by atoms with Crippen LogP contribution in [0.3, 0.4) is 0 Å². The maximum atomic E-state index is 12.0. The molecular weight excluding hydrogens is 351 g/mol. The number of hydrogen-bond acceptors (Lipinski definition) is 5. The van der Waals surface area contributed by atoms with E-state index >= 15 is 0 Å². The minimum absolute atomic E-state index is 0.177. The van der Waals surface area contributed by atoms with E-state index in [9.17, 15) is 27.6 Å². The van der Waals surface area contributed by atoms with Crippen LogP contribution >= 0.6 is 0 Å². The summed E-state index contributed by atoms with van der Waals surface area (Å²) in [7, 11) is 4.82. The molecule has 1 saturated heterocycles. The fraction of sp³-hybridized carbons (Fsp3) is 0.692. The molecule has 1 rings (SSSR count). The van der Waals surface area contributed by atoms with Crippen LogP contribution in [0.4, 0.5) is 13.2 Å². The van der Waals surface area contributed by atoms with Crippen molar-refractivity contribution < 1.29 is 42.6 Å². The molecule has 0 radical (unpaired) electrons. The summed E-state index contributed by atoms with van der Waals surface area (Å²) in [6.07, 6.45) is -5.45. The zero-order chi connectivity index (χ0) is 20.1. The van der Waals surface area contributed by atoms with Gasteiger partial charge < -0.3 is 20.4 Å². The van der Waals surface area contributed by atoms with Gasteiger partial charge in [0.1, 0.15) is 6.04 Å². The number of rotatable bonds is 3. The van der Waals surface area contributed by atoms with E-state index in [1.807, 2.05) is 0 Å². The van der Waals surface area contributed by atoms with Crippen LogP contribution in [0, 0.1) is 5.92 Å².